The fraction of sp³-hybridized carbons (Fsp3) is 0.429. The predicted molar refractivity (Wildman–Crippen MR) is 84.1 cm³/mol. The summed E-state index contributed by atoms with van der Waals surface area (Å²) in [5.74, 6) is -0.968. The Kier molecular flexibility index (Phi) is 5.87. The van der Waals surface area contributed by atoms with E-state index in [0.717, 1.165) is 0 Å². The molecule has 5 nitrogen and oxygen atoms in total. The van der Waals surface area contributed by atoms with Gasteiger partial charge in [-0.25, -0.2) is 4.79 Å². The number of carbonyl (C=O) groups is 2. The summed E-state index contributed by atoms with van der Waals surface area (Å²) in [4.78, 5) is 22.8. The number of carboxylic acid groups (broad SMARTS) is 1. The Labute approximate surface area is 133 Å². The van der Waals surface area contributed by atoms with E-state index in [1.54, 1.807) is 12.1 Å². The lowest BCUT2D eigenvalue weighted by Gasteiger charge is -2.30. The summed E-state index contributed by atoms with van der Waals surface area (Å²) in [7, 11) is 0. The van der Waals surface area contributed by atoms with Gasteiger partial charge in [0.15, 0.2) is 0 Å². The van der Waals surface area contributed by atoms with Gasteiger partial charge in [-0.2, -0.15) is 0 Å². The molecule has 0 aromatic heterocycles. The molecule has 7 heteroatoms. The van der Waals surface area contributed by atoms with E-state index in [0.29, 0.717) is 15.7 Å². The van der Waals surface area contributed by atoms with Gasteiger partial charge < -0.3 is 15.7 Å². The van der Waals surface area contributed by atoms with Crippen LogP contribution in [-0.2, 0) is 4.79 Å². The van der Waals surface area contributed by atoms with Crippen LogP contribution in [0, 0.1) is 5.41 Å². The number of nitrogens with one attached hydrogen (secondary N) is 2. The van der Waals surface area contributed by atoms with E-state index in [4.69, 9.17) is 28.3 Å². The van der Waals surface area contributed by atoms with Gasteiger partial charge in [-0.1, -0.05) is 44.0 Å². The van der Waals surface area contributed by atoms with Crippen molar-refractivity contribution in [3.05, 3.63) is 28.2 Å². The minimum Gasteiger partial charge on any atom is -0.481 e. The molecule has 116 valence electrons. The number of urea groups is 1. The van der Waals surface area contributed by atoms with Crippen molar-refractivity contribution in [3.63, 3.8) is 0 Å². The summed E-state index contributed by atoms with van der Waals surface area (Å²) in [5.41, 5.74) is 0.0952. The first-order valence-electron chi connectivity index (χ1n) is 6.34. The van der Waals surface area contributed by atoms with Crippen molar-refractivity contribution in [2.24, 2.45) is 5.41 Å². The zero-order valence-corrected chi connectivity index (χ0v) is 13.5. The minimum atomic E-state index is -0.968. The van der Waals surface area contributed by atoms with Crippen LogP contribution in [-0.4, -0.2) is 23.1 Å². The SMILES string of the molecule is CC(C)(C)C(CC(=O)O)NC(=O)Nc1ccc(Cl)c(Cl)c1. The average molecular weight is 333 g/mol. The highest BCUT2D eigenvalue weighted by molar-refractivity contribution is 6.42. The Balaban J connectivity index is 2.73. The summed E-state index contributed by atoms with van der Waals surface area (Å²) in [5, 5.41) is 14.9. The van der Waals surface area contributed by atoms with E-state index in [-0.39, 0.29) is 11.8 Å². The molecular formula is C14H18Cl2N2O3. The number of benzene rings is 1. The molecule has 1 aromatic rings. The van der Waals surface area contributed by atoms with E-state index in [1.807, 2.05) is 20.8 Å². The Morgan fingerprint density at radius 3 is 2.33 bits per heavy atom. The quantitative estimate of drug-likeness (QED) is 0.779. The maximum absolute atomic E-state index is 12.0. The summed E-state index contributed by atoms with van der Waals surface area (Å²) >= 11 is 11.7. The fourth-order valence-electron chi connectivity index (χ4n) is 1.65. The molecular weight excluding hydrogens is 315 g/mol. The van der Waals surface area contributed by atoms with Crippen LogP contribution in [0.4, 0.5) is 10.5 Å². The molecule has 0 heterocycles. The van der Waals surface area contributed by atoms with Crippen molar-refractivity contribution in [2.45, 2.75) is 33.2 Å². The van der Waals surface area contributed by atoms with Crippen LogP contribution >= 0.6 is 23.2 Å². The molecule has 0 fully saturated rings. The highest BCUT2D eigenvalue weighted by Gasteiger charge is 2.28. The van der Waals surface area contributed by atoms with Gasteiger partial charge in [-0.05, 0) is 23.6 Å². The van der Waals surface area contributed by atoms with Gasteiger partial charge in [0.1, 0.15) is 0 Å². The highest BCUT2D eigenvalue weighted by atomic mass is 35.5. The molecule has 3 N–H and O–H groups in total. The monoisotopic (exact) mass is 332 g/mol. The van der Waals surface area contributed by atoms with Gasteiger partial charge in [0, 0.05) is 11.7 Å². The van der Waals surface area contributed by atoms with E-state index >= 15 is 0 Å². The molecule has 2 amide bonds. The largest absolute Gasteiger partial charge is 0.481 e. The van der Waals surface area contributed by atoms with E-state index < -0.39 is 18.0 Å². The van der Waals surface area contributed by atoms with Crippen LogP contribution < -0.4 is 10.6 Å². The lowest BCUT2D eigenvalue weighted by Crippen LogP contribution is -2.46. The second-order valence-corrected chi connectivity index (χ2v) is 6.56. The molecule has 1 aromatic carbocycles. The van der Waals surface area contributed by atoms with Crippen LogP contribution in [0.15, 0.2) is 18.2 Å². The molecule has 0 saturated heterocycles. The summed E-state index contributed by atoms with van der Waals surface area (Å²) < 4.78 is 0. The average Bonchev–Trinajstić information content (AvgIpc) is 2.31. The maximum Gasteiger partial charge on any atom is 0.319 e. The lowest BCUT2D eigenvalue weighted by molar-refractivity contribution is -0.138. The van der Waals surface area contributed by atoms with Gasteiger partial charge in [-0.15, -0.1) is 0 Å². The number of carbonyl (C=O) groups excluding carboxylic acids is 1. The first-order chi connectivity index (χ1) is 9.59. The number of hydrogen-bond acceptors (Lipinski definition) is 2. The highest BCUT2D eigenvalue weighted by Crippen LogP contribution is 2.25. The fourth-order valence-corrected chi connectivity index (χ4v) is 1.95. The van der Waals surface area contributed by atoms with Crippen molar-refractivity contribution < 1.29 is 14.7 Å². The third-order valence-electron chi connectivity index (χ3n) is 2.91. The molecule has 0 aliphatic rings. The second-order valence-electron chi connectivity index (χ2n) is 5.74. The van der Waals surface area contributed by atoms with Crippen LogP contribution in [0.25, 0.3) is 0 Å². The van der Waals surface area contributed by atoms with Crippen LogP contribution in [0.1, 0.15) is 27.2 Å². The molecule has 0 aliphatic carbocycles. The van der Waals surface area contributed by atoms with Crippen molar-refractivity contribution in [3.8, 4) is 0 Å². The molecule has 0 saturated carbocycles. The predicted octanol–water partition coefficient (Wildman–Crippen LogP) is 4.00. The summed E-state index contributed by atoms with van der Waals surface area (Å²) in [6.45, 7) is 5.58. The van der Waals surface area contributed by atoms with Gasteiger partial charge in [0.2, 0.25) is 0 Å². The lowest BCUT2D eigenvalue weighted by atomic mass is 9.85. The number of rotatable bonds is 4. The van der Waals surface area contributed by atoms with Crippen molar-refractivity contribution in [1.82, 2.24) is 5.32 Å². The molecule has 0 spiro atoms. The molecule has 21 heavy (non-hydrogen) atoms. The number of aliphatic carboxylic acids is 1. The van der Waals surface area contributed by atoms with Crippen molar-refractivity contribution >= 4 is 40.9 Å². The van der Waals surface area contributed by atoms with Gasteiger partial charge in [-0.3, -0.25) is 4.79 Å². The number of carboxylic acids is 1. The van der Waals surface area contributed by atoms with E-state index in [9.17, 15) is 9.59 Å². The Hall–Kier alpha value is -1.46. The van der Waals surface area contributed by atoms with Crippen molar-refractivity contribution in [1.29, 1.82) is 0 Å². The topological polar surface area (TPSA) is 78.4 Å². The van der Waals surface area contributed by atoms with Gasteiger partial charge in [0.05, 0.1) is 16.5 Å². The normalized spacial score (nSPS) is 12.6. The zero-order chi connectivity index (χ0) is 16.2. The number of hydrogen-bond donors (Lipinski definition) is 3. The third kappa shape index (κ3) is 5.81. The zero-order valence-electron chi connectivity index (χ0n) is 12.0. The molecule has 1 rings (SSSR count). The molecule has 0 bridgehead atoms. The molecule has 1 atom stereocenters. The number of halogens is 2. The number of anilines is 1. The first kappa shape index (κ1) is 17.6. The molecule has 0 aliphatic heterocycles. The van der Waals surface area contributed by atoms with Gasteiger partial charge >= 0.3 is 12.0 Å². The van der Waals surface area contributed by atoms with Crippen LogP contribution in [0.5, 0.6) is 0 Å². The van der Waals surface area contributed by atoms with Crippen LogP contribution in [0.2, 0.25) is 10.0 Å². The first-order valence-corrected chi connectivity index (χ1v) is 7.09. The van der Waals surface area contributed by atoms with E-state index in [2.05, 4.69) is 10.6 Å². The molecule has 1 unspecified atom stereocenters. The Morgan fingerprint density at radius 2 is 1.86 bits per heavy atom. The summed E-state index contributed by atoms with van der Waals surface area (Å²) in [6, 6.07) is 3.70. The standard InChI is InChI=1S/C14H18Cl2N2O3/c1-14(2,3)11(7-12(19)20)18-13(21)17-8-4-5-9(15)10(16)6-8/h4-6,11H,7H2,1-3H3,(H,19,20)(H2,17,18,21). The van der Waals surface area contributed by atoms with Crippen molar-refractivity contribution in [2.75, 3.05) is 5.32 Å². The third-order valence-corrected chi connectivity index (χ3v) is 3.65. The van der Waals surface area contributed by atoms with E-state index in [1.165, 1.54) is 6.07 Å². The second kappa shape index (κ2) is 7.00. The summed E-state index contributed by atoms with van der Waals surface area (Å²) in [6.07, 6.45) is -0.154. The minimum absolute atomic E-state index is 0.154. The smallest absolute Gasteiger partial charge is 0.319 e. The maximum atomic E-state index is 12.0. The molecule has 0 radical (unpaired) electrons. The number of amides is 2. The van der Waals surface area contributed by atoms with Crippen LogP contribution in [0.3, 0.4) is 0 Å². The van der Waals surface area contributed by atoms with Gasteiger partial charge in [0.25, 0.3) is 0 Å². The Bertz CT molecular complexity index is 542. The Morgan fingerprint density at radius 1 is 1.24 bits per heavy atom.